The van der Waals surface area contributed by atoms with Gasteiger partial charge in [-0.15, -0.1) is 11.3 Å². The lowest BCUT2D eigenvalue weighted by molar-refractivity contribution is -0.140. The standard InChI is InChI=1S/C17H18N4O4S/c18-8-11-10-4-2-1-3-5-13(10)26-16(11)19-15(23)9-25-17(24)12-6-7-14(22)21-20-12/h1-7,9H2,(H,19,23)(H,21,22). The van der Waals surface area contributed by atoms with E-state index in [1.54, 1.807) is 0 Å². The normalized spacial score (nSPS) is 16.4. The molecule has 1 aliphatic carbocycles. The van der Waals surface area contributed by atoms with Crippen molar-refractivity contribution in [3.8, 4) is 6.07 Å². The van der Waals surface area contributed by atoms with Gasteiger partial charge >= 0.3 is 5.97 Å². The number of anilines is 1. The van der Waals surface area contributed by atoms with Gasteiger partial charge in [0.05, 0.1) is 5.56 Å². The first-order valence-electron chi connectivity index (χ1n) is 8.45. The third kappa shape index (κ3) is 4.08. The van der Waals surface area contributed by atoms with E-state index in [2.05, 4.69) is 21.9 Å². The minimum Gasteiger partial charge on any atom is -0.451 e. The van der Waals surface area contributed by atoms with Crippen molar-refractivity contribution < 1.29 is 19.1 Å². The number of nitrogens with one attached hydrogen (secondary N) is 2. The van der Waals surface area contributed by atoms with E-state index in [1.165, 1.54) is 11.3 Å². The van der Waals surface area contributed by atoms with Gasteiger partial charge in [-0.1, -0.05) is 6.42 Å². The zero-order valence-corrected chi connectivity index (χ0v) is 14.9. The fourth-order valence-corrected chi connectivity index (χ4v) is 4.20. The van der Waals surface area contributed by atoms with Gasteiger partial charge in [-0.05, 0) is 31.2 Å². The summed E-state index contributed by atoms with van der Waals surface area (Å²) >= 11 is 1.42. The first kappa shape index (κ1) is 18.1. The summed E-state index contributed by atoms with van der Waals surface area (Å²) in [5.74, 6) is -1.50. The summed E-state index contributed by atoms with van der Waals surface area (Å²) in [7, 11) is 0. The summed E-state index contributed by atoms with van der Waals surface area (Å²) < 4.78 is 4.93. The van der Waals surface area contributed by atoms with Gasteiger partial charge in [-0.3, -0.25) is 9.59 Å². The summed E-state index contributed by atoms with van der Waals surface area (Å²) in [4.78, 5) is 36.1. The van der Waals surface area contributed by atoms with E-state index in [0.29, 0.717) is 10.6 Å². The van der Waals surface area contributed by atoms with E-state index >= 15 is 0 Å². The molecule has 8 nitrogen and oxygen atoms in total. The van der Waals surface area contributed by atoms with E-state index in [1.807, 2.05) is 0 Å². The number of hydrazone groups is 1. The number of fused-ring (bicyclic) bond motifs is 1. The van der Waals surface area contributed by atoms with Crippen molar-refractivity contribution in [2.75, 3.05) is 11.9 Å². The van der Waals surface area contributed by atoms with E-state index in [-0.39, 0.29) is 24.5 Å². The zero-order valence-electron chi connectivity index (χ0n) is 14.1. The fourth-order valence-electron chi connectivity index (χ4n) is 2.95. The molecular formula is C17H18N4O4S. The van der Waals surface area contributed by atoms with E-state index in [0.717, 1.165) is 42.5 Å². The second kappa shape index (κ2) is 8.10. The molecule has 2 amide bonds. The lowest BCUT2D eigenvalue weighted by atomic mass is 10.1. The smallest absolute Gasteiger partial charge is 0.355 e. The molecule has 0 spiro atoms. The second-order valence-electron chi connectivity index (χ2n) is 6.10. The predicted octanol–water partition coefficient (Wildman–Crippen LogP) is 1.64. The van der Waals surface area contributed by atoms with Gasteiger partial charge < -0.3 is 10.1 Å². The van der Waals surface area contributed by atoms with Crippen LogP contribution in [0.25, 0.3) is 0 Å². The maximum Gasteiger partial charge on any atom is 0.355 e. The summed E-state index contributed by atoms with van der Waals surface area (Å²) in [6.45, 7) is -0.473. The molecule has 0 unspecified atom stereocenters. The Kier molecular flexibility index (Phi) is 5.63. The number of nitrogens with zero attached hydrogens (tertiary/aromatic N) is 2. The number of ether oxygens (including phenoxy) is 1. The van der Waals surface area contributed by atoms with E-state index < -0.39 is 18.5 Å². The molecule has 9 heteroatoms. The van der Waals surface area contributed by atoms with Crippen molar-refractivity contribution in [3.63, 3.8) is 0 Å². The van der Waals surface area contributed by atoms with E-state index in [4.69, 9.17) is 4.74 Å². The largest absolute Gasteiger partial charge is 0.451 e. The minimum atomic E-state index is -0.734. The van der Waals surface area contributed by atoms with Crippen LogP contribution >= 0.6 is 11.3 Å². The zero-order chi connectivity index (χ0) is 18.5. The Morgan fingerprint density at radius 3 is 2.77 bits per heavy atom. The summed E-state index contributed by atoms with van der Waals surface area (Å²) in [6, 6.07) is 2.19. The van der Waals surface area contributed by atoms with Crippen LogP contribution in [-0.4, -0.2) is 30.1 Å². The molecule has 2 aliphatic rings. The van der Waals surface area contributed by atoms with Crippen LogP contribution in [0.1, 0.15) is 48.1 Å². The van der Waals surface area contributed by atoms with Gasteiger partial charge in [0.1, 0.15) is 16.8 Å². The van der Waals surface area contributed by atoms with Gasteiger partial charge in [0.2, 0.25) is 5.91 Å². The molecule has 0 aromatic carbocycles. The van der Waals surface area contributed by atoms with Crippen molar-refractivity contribution in [1.29, 1.82) is 5.26 Å². The molecule has 2 heterocycles. The number of carbonyl (C=O) groups excluding carboxylic acids is 3. The highest BCUT2D eigenvalue weighted by Gasteiger charge is 2.23. The summed E-state index contributed by atoms with van der Waals surface area (Å²) in [5.41, 5.74) is 3.84. The van der Waals surface area contributed by atoms with Crippen molar-refractivity contribution >= 4 is 39.8 Å². The molecule has 0 radical (unpaired) electrons. The quantitative estimate of drug-likeness (QED) is 0.613. The number of rotatable bonds is 4. The average molecular weight is 374 g/mol. The van der Waals surface area contributed by atoms with Crippen LogP contribution in [0.4, 0.5) is 5.00 Å². The third-order valence-corrected chi connectivity index (χ3v) is 5.47. The van der Waals surface area contributed by atoms with E-state index in [9.17, 15) is 19.6 Å². The van der Waals surface area contributed by atoms with Crippen molar-refractivity contribution in [3.05, 3.63) is 16.0 Å². The molecule has 3 rings (SSSR count). The number of thiophene rings is 1. The maximum atomic E-state index is 12.1. The number of hydrogen-bond acceptors (Lipinski definition) is 7. The molecule has 2 N–H and O–H groups in total. The second-order valence-corrected chi connectivity index (χ2v) is 7.20. The third-order valence-electron chi connectivity index (χ3n) is 4.26. The molecule has 0 atom stereocenters. The molecule has 0 bridgehead atoms. The lowest BCUT2D eigenvalue weighted by Crippen LogP contribution is -2.32. The van der Waals surface area contributed by atoms with Gasteiger partial charge in [0, 0.05) is 17.7 Å². The predicted molar refractivity (Wildman–Crippen MR) is 94.7 cm³/mol. The lowest BCUT2D eigenvalue weighted by Gasteiger charge is -2.11. The number of hydrogen-bond donors (Lipinski definition) is 2. The number of esters is 1. The van der Waals surface area contributed by atoms with Crippen LogP contribution in [0.2, 0.25) is 0 Å². The van der Waals surface area contributed by atoms with Gasteiger partial charge in [0.25, 0.3) is 5.91 Å². The molecule has 1 aromatic heterocycles. The monoisotopic (exact) mass is 374 g/mol. The molecule has 26 heavy (non-hydrogen) atoms. The highest BCUT2D eigenvalue weighted by molar-refractivity contribution is 7.16. The van der Waals surface area contributed by atoms with Gasteiger partial charge in [-0.25, -0.2) is 10.2 Å². The number of amides is 2. The van der Waals surface area contributed by atoms with Crippen LogP contribution in [0.5, 0.6) is 0 Å². The van der Waals surface area contributed by atoms with Gasteiger partial charge in [0.15, 0.2) is 6.61 Å². The average Bonchev–Trinajstić information content (AvgIpc) is 2.79. The van der Waals surface area contributed by atoms with Crippen LogP contribution < -0.4 is 10.7 Å². The molecule has 1 aliphatic heterocycles. The van der Waals surface area contributed by atoms with Crippen LogP contribution in [0.3, 0.4) is 0 Å². The van der Waals surface area contributed by atoms with Gasteiger partial charge in [-0.2, -0.15) is 10.4 Å². The van der Waals surface area contributed by atoms with Crippen molar-refractivity contribution in [2.45, 2.75) is 44.9 Å². The van der Waals surface area contributed by atoms with Crippen LogP contribution in [0, 0.1) is 11.3 Å². The summed E-state index contributed by atoms with van der Waals surface area (Å²) in [5, 5.41) is 16.3. The molecule has 1 aromatic rings. The van der Waals surface area contributed by atoms with Crippen molar-refractivity contribution in [1.82, 2.24) is 5.43 Å². The minimum absolute atomic E-state index is 0.0814. The maximum absolute atomic E-state index is 12.1. The number of aryl methyl sites for hydroxylation is 1. The van der Waals surface area contributed by atoms with Crippen molar-refractivity contribution in [2.24, 2.45) is 5.10 Å². The number of nitriles is 1. The fraction of sp³-hybridized carbons (Fsp3) is 0.471. The Bertz CT molecular complexity index is 821. The topological polar surface area (TPSA) is 121 Å². The highest BCUT2D eigenvalue weighted by atomic mass is 32.1. The Balaban J connectivity index is 1.59. The molecule has 0 fully saturated rings. The molecule has 136 valence electrons. The molecule has 0 saturated heterocycles. The molecule has 0 saturated carbocycles. The Labute approximate surface area is 154 Å². The SMILES string of the molecule is N#Cc1c(NC(=O)COC(=O)C2=NNC(=O)CC2)sc2c1CCCCC2. The Morgan fingerprint density at radius 1 is 1.23 bits per heavy atom. The van der Waals surface area contributed by atoms with Crippen LogP contribution in [0.15, 0.2) is 5.10 Å². The Morgan fingerprint density at radius 2 is 2.04 bits per heavy atom. The van der Waals surface area contributed by atoms with Crippen LogP contribution in [-0.2, 0) is 32.0 Å². The number of carbonyl (C=O) groups is 3. The highest BCUT2D eigenvalue weighted by Crippen LogP contribution is 2.36. The summed E-state index contributed by atoms with van der Waals surface area (Å²) in [6.07, 6.45) is 5.39. The first-order valence-corrected chi connectivity index (χ1v) is 9.27. The Hall–Kier alpha value is -2.73. The molecular weight excluding hydrogens is 356 g/mol. The first-order chi connectivity index (χ1) is 12.6.